The third-order valence-corrected chi connectivity index (χ3v) is 4.41. The Hall–Kier alpha value is -1.06. The van der Waals surface area contributed by atoms with Gasteiger partial charge in [0, 0.05) is 30.5 Å². The van der Waals surface area contributed by atoms with Gasteiger partial charge in [0.2, 0.25) is 11.8 Å². The Morgan fingerprint density at radius 2 is 1.50 bits per heavy atom. The normalized spacial score (nSPS) is 12.9. The molecule has 4 nitrogen and oxygen atoms in total. The maximum absolute atomic E-state index is 12.7. The van der Waals surface area contributed by atoms with E-state index >= 15 is 0 Å². The summed E-state index contributed by atoms with van der Waals surface area (Å²) in [7, 11) is 0. The third kappa shape index (κ3) is 7.67. The van der Waals surface area contributed by atoms with E-state index < -0.39 is 5.41 Å². The van der Waals surface area contributed by atoms with Crippen LogP contribution >= 0.6 is 0 Å². The third-order valence-electron chi connectivity index (χ3n) is 4.41. The SMILES string of the molecule is CCCC(=O)N(CCC(C)(C)C)C(C)(C)CC(C)(C)C(=O)NCC. The van der Waals surface area contributed by atoms with Gasteiger partial charge in [0.1, 0.15) is 0 Å². The standard InChI is InChI=1S/C20H40N2O2/c1-10-12-16(23)22(14-13-18(3,4)5)20(8,9)15-19(6,7)17(24)21-11-2/h10-15H2,1-9H3,(H,21,24). The lowest BCUT2D eigenvalue weighted by molar-refractivity contribution is -0.141. The number of nitrogens with zero attached hydrogens (tertiary/aromatic N) is 1. The molecular weight excluding hydrogens is 300 g/mol. The molecule has 0 aliphatic heterocycles. The van der Waals surface area contributed by atoms with Crippen molar-refractivity contribution in [3.05, 3.63) is 0 Å². The molecule has 1 N–H and O–H groups in total. The highest BCUT2D eigenvalue weighted by Gasteiger charge is 2.39. The van der Waals surface area contributed by atoms with Gasteiger partial charge in [-0.3, -0.25) is 9.59 Å². The van der Waals surface area contributed by atoms with E-state index in [2.05, 4.69) is 39.9 Å². The molecule has 0 spiro atoms. The zero-order valence-electron chi connectivity index (χ0n) is 17.5. The summed E-state index contributed by atoms with van der Waals surface area (Å²) in [5.74, 6) is 0.246. The fraction of sp³-hybridized carbons (Fsp3) is 0.900. The monoisotopic (exact) mass is 340 g/mol. The molecule has 0 aliphatic rings. The van der Waals surface area contributed by atoms with E-state index in [-0.39, 0.29) is 22.8 Å². The lowest BCUT2D eigenvalue weighted by Gasteiger charge is -2.44. The molecule has 0 fully saturated rings. The zero-order chi connectivity index (χ0) is 19.2. The smallest absolute Gasteiger partial charge is 0.225 e. The highest BCUT2D eigenvalue weighted by Crippen LogP contribution is 2.34. The second-order valence-corrected chi connectivity index (χ2v) is 9.34. The predicted molar refractivity (Wildman–Crippen MR) is 102 cm³/mol. The second kappa shape index (κ2) is 8.87. The van der Waals surface area contributed by atoms with Gasteiger partial charge in [-0.2, -0.15) is 0 Å². The van der Waals surface area contributed by atoms with Crippen molar-refractivity contribution < 1.29 is 9.59 Å². The van der Waals surface area contributed by atoms with Crippen molar-refractivity contribution in [2.45, 2.75) is 93.5 Å². The molecule has 0 rings (SSSR count). The van der Waals surface area contributed by atoms with Crippen molar-refractivity contribution in [3.8, 4) is 0 Å². The topological polar surface area (TPSA) is 49.4 Å². The maximum atomic E-state index is 12.7. The minimum absolute atomic E-state index is 0.0526. The highest BCUT2D eigenvalue weighted by atomic mass is 16.2. The van der Waals surface area contributed by atoms with E-state index in [1.165, 1.54) is 0 Å². The molecule has 0 aliphatic carbocycles. The Morgan fingerprint density at radius 1 is 0.958 bits per heavy atom. The van der Waals surface area contributed by atoms with Crippen molar-refractivity contribution in [3.63, 3.8) is 0 Å². The molecule has 2 amide bonds. The lowest BCUT2D eigenvalue weighted by atomic mass is 9.78. The molecule has 0 unspecified atom stereocenters. The fourth-order valence-electron chi connectivity index (χ4n) is 3.22. The van der Waals surface area contributed by atoms with Crippen molar-refractivity contribution in [1.82, 2.24) is 10.2 Å². The molecule has 4 heteroatoms. The quantitative estimate of drug-likeness (QED) is 0.677. The number of rotatable bonds is 9. The molecule has 0 saturated heterocycles. The van der Waals surface area contributed by atoms with E-state index in [4.69, 9.17) is 0 Å². The van der Waals surface area contributed by atoms with Crippen molar-refractivity contribution >= 4 is 11.8 Å². The van der Waals surface area contributed by atoms with E-state index in [9.17, 15) is 9.59 Å². The number of amides is 2. The molecular formula is C20H40N2O2. The Bertz CT molecular complexity index is 420. The Morgan fingerprint density at radius 3 is 1.92 bits per heavy atom. The molecule has 0 heterocycles. The van der Waals surface area contributed by atoms with Gasteiger partial charge in [-0.05, 0) is 45.4 Å². The number of hydrogen-bond acceptors (Lipinski definition) is 2. The first-order chi connectivity index (χ1) is 10.8. The first-order valence-corrected chi connectivity index (χ1v) is 9.35. The summed E-state index contributed by atoms with van der Waals surface area (Å²) in [5, 5.41) is 2.92. The predicted octanol–water partition coefficient (Wildman–Crippen LogP) is 4.38. The molecule has 0 saturated carbocycles. The van der Waals surface area contributed by atoms with Crippen LogP contribution in [0.2, 0.25) is 0 Å². The van der Waals surface area contributed by atoms with Crippen LogP contribution in [0.4, 0.5) is 0 Å². The van der Waals surface area contributed by atoms with E-state index in [0.717, 1.165) is 19.4 Å². The summed E-state index contributed by atoms with van der Waals surface area (Å²) in [6.07, 6.45) is 3.01. The van der Waals surface area contributed by atoms with Gasteiger partial charge in [0.05, 0.1) is 0 Å². The summed E-state index contributed by atoms with van der Waals surface area (Å²) < 4.78 is 0. The van der Waals surface area contributed by atoms with Crippen LogP contribution in [0.15, 0.2) is 0 Å². The van der Waals surface area contributed by atoms with Crippen LogP contribution in [0, 0.1) is 10.8 Å². The molecule has 142 valence electrons. The number of carbonyl (C=O) groups excluding carboxylic acids is 2. The highest BCUT2D eigenvalue weighted by molar-refractivity contribution is 5.82. The van der Waals surface area contributed by atoms with E-state index in [1.54, 1.807) is 0 Å². The van der Waals surface area contributed by atoms with Gasteiger partial charge >= 0.3 is 0 Å². The van der Waals surface area contributed by atoms with Crippen LogP contribution in [-0.4, -0.2) is 35.3 Å². The number of hydrogen-bond donors (Lipinski definition) is 1. The zero-order valence-corrected chi connectivity index (χ0v) is 17.5. The number of nitrogens with one attached hydrogen (secondary N) is 1. The average Bonchev–Trinajstić information content (AvgIpc) is 2.36. The Balaban J connectivity index is 5.32. The minimum Gasteiger partial charge on any atom is -0.356 e. The largest absolute Gasteiger partial charge is 0.356 e. The number of carbonyl (C=O) groups is 2. The molecule has 24 heavy (non-hydrogen) atoms. The van der Waals surface area contributed by atoms with Crippen LogP contribution < -0.4 is 5.32 Å². The lowest BCUT2D eigenvalue weighted by Crippen LogP contribution is -2.53. The summed E-state index contributed by atoms with van der Waals surface area (Å²) in [6.45, 7) is 20.0. The Labute approximate surface area is 149 Å². The summed E-state index contributed by atoms with van der Waals surface area (Å²) in [4.78, 5) is 27.1. The van der Waals surface area contributed by atoms with Gasteiger partial charge in [0.25, 0.3) is 0 Å². The van der Waals surface area contributed by atoms with Gasteiger partial charge < -0.3 is 10.2 Å². The van der Waals surface area contributed by atoms with Gasteiger partial charge in [-0.25, -0.2) is 0 Å². The van der Waals surface area contributed by atoms with Gasteiger partial charge in [-0.15, -0.1) is 0 Å². The van der Waals surface area contributed by atoms with Crippen LogP contribution in [-0.2, 0) is 9.59 Å². The Kier molecular flexibility index (Phi) is 8.47. The van der Waals surface area contributed by atoms with Crippen molar-refractivity contribution in [2.75, 3.05) is 13.1 Å². The van der Waals surface area contributed by atoms with E-state index in [0.29, 0.717) is 19.4 Å². The molecule has 0 atom stereocenters. The van der Waals surface area contributed by atoms with Gasteiger partial charge in [-0.1, -0.05) is 41.5 Å². The van der Waals surface area contributed by atoms with Crippen molar-refractivity contribution in [1.29, 1.82) is 0 Å². The van der Waals surface area contributed by atoms with Crippen LogP contribution in [0.3, 0.4) is 0 Å². The first-order valence-electron chi connectivity index (χ1n) is 9.35. The molecule has 0 aromatic carbocycles. The van der Waals surface area contributed by atoms with E-state index in [1.807, 2.05) is 32.6 Å². The minimum atomic E-state index is -0.508. The summed E-state index contributed by atoms with van der Waals surface area (Å²) in [5.41, 5.74) is -0.687. The first kappa shape index (κ1) is 22.9. The fourth-order valence-corrected chi connectivity index (χ4v) is 3.22. The maximum Gasteiger partial charge on any atom is 0.225 e. The van der Waals surface area contributed by atoms with Crippen LogP contribution in [0.5, 0.6) is 0 Å². The average molecular weight is 341 g/mol. The second-order valence-electron chi connectivity index (χ2n) is 9.34. The molecule has 0 aromatic rings. The van der Waals surface area contributed by atoms with Crippen LogP contribution in [0.1, 0.15) is 88.0 Å². The van der Waals surface area contributed by atoms with Crippen LogP contribution in [0.25, 0.3) is 0 Å². The summed E-state index contributed by atoms with van der Waals surface area (Å²) >= 11 is 0. The molecule has 0 bridgehead atoms. The van der Waals surface area contributed by atoms with Gasteiger partial charge in [0.15, 0.2) is 0 Å². The molecule has 0 radical (unpaired) electrons. The van der Waals surface area contributed by atoms with Crippen molar-refractivity contribution in [2.24, 2.45) is 10.8 Å². The summed E-state index contributed by atoms with van der Waals surface area (Å²) in [6, 6.07) is 0. The molecule has 0 aromatic heterocycles.